The number of hydrogen-bond donors (Lipinski definition) is 2. The van der Waals surface area contributed by atoms with Gasteiger partial charge in [-0.15, -0.1) is 22.7 Å². The predicted octanol–water partition coefficient (Wildman–Crippen LogP) is 5.84. The van der Waals surface area contributed by atoms with E-state index in [9.17, 15) is 9.59 Å². The minimum Gasteiger partial charge on any atom is -0.326 e. The van der Waals surface area contributed by atoms with Crippen LogP contribution in [-0.4, -0.2) is 11.8 Å². The van der Waals surface area contributed by atoms with Crippen LogP contribution in [0.15, 0.2) is 66.0 Å². The molecule has 134 valence electrons. The van der Waals surface area contributed by atoms with Crippen LogP contribution in [0.2, 0.25) is 0 Å². The largest absolute Gasteiger partial charge is 0.326 e. The van der Waals surface area contributed by atoms with Crippen LogP contribution in [0, 0.1) is 0 Å². The number of anilines is 2. The van der Waals surface area contributed by atoms with E-state index < -0.39 is 0 Å². The third-order valence-electron chi connectivity index (χ3n) is 4.04. The van der Waals surface area contributed by atoms with E-state index in [1.807, 2.05) is 24.3 Å². The lowest BCUT2D eigenvalue weighted by Gasteiger charge is -2.06. The second kappa shape index (κ2) is 7.34. The molecule has 2 aromatic carbocycles. The first kappa shape index (κ1) is 17.5. The summed E-state index contributed by atoms with van der Waals surface area (Å²) < 4.78 is 1.24. The average Bonchev–Trinajstić information content (AvgIpc) is 3.29. The molecule has 0 bridgehead atoms. The maximum atomic E-state index is 12.6. The van der Waals surface area contributed by atoms with Gasteiger partial charge in [0.25, 0.3) is 5.91 Å². The molecule has 2 heterocycles. The van der Waals surface area contributed by atoms with Crippen molar-refractivity contribution in [1.29, 1.82) is 0 Å². The molecule has 6 heteroatoms. The molecule has 0 atom stereocenters. The van der Waals surface area contributed by atoms with E-state index in [0.717, 1.165) is 4.88 Å². The summed E-state index contributed by atoms with van der Waals surface area (Å²) in [5, 5.41) is 8.95. The van der Waals surface area contributed by atoms with Crippen molar-refractivity contribution in [1.82, 2.24) is 0 Å². The van der Waals surface area contributed by atoms with Crippen molar-refractivity contribution in [3.8, 4) is 10.4 Å². The van der Waals surface area contributed by atoms with Gasteiger partial charge in [0.1, 0.15) is 0 Å². The van der Waals surface area contributed by atoms with E-state index in [2.05, 4.69) is 28.1 Å². The smallest absolute Gasteiger partial charge is 0.265 e. The summed E-state index contributed by atoms with van der Waals surface area (Å²) in [5.74, 6) is -0.267. The van der Waals surface area contributed by atoms with E-state index in [4.69, 9.17) is 0 Å². The van der Waals surface area contributed by atoms with E-state index >= 15 is 0 Å². The maximum absolute atomic E-state index is 12.6. The number of benzene rings is 2. The van der Waals surface area contributed by atoms with Crippen LogP contribution in [0.4, 0.5) is 11.4 Å². The fourth-order valence-corrected chi connectivity index (χ4v) is 4.77. The van der Waals surface area contributed by atoms with E-state index in [-0.39, 0.29) is 11.8 Å². The molecule has 4 nitrogen and oxygen atoms in total. The Morgan fingerprint density at radius 3 is 2.30 bits per heavy atom. The first-order valence-corrected chi connectivity index (χ1v) is 10.1. The number of carbonyl (C=O) groups is 2. The van der Waals surface area contributed by atoms with Crippen molar-refractivity contribution >= 4 is 55.9 Å². The van der Waals surface area contributed by atoms with Gasteiger partial charge in [-0.1, -0.05) is 18.2 Å². The molecule has 4 rings (SSSR count). The number of hydrogen-bond acceptors (Lipinski definition) is 4. The van der Waals surface area contributed by atoms with Crippen LogP contribution in [0.5, 0.6) is 0 Å². The predicted molar refractivity (Wildman–Crippen MR) is 114 cm³/mol. The minimum atomic E-state index is -0.141. The number of carbonyl (C=O) groups excluding carboxylic acids is 2. The van der Waals surface area contributed by atoms with Crippen LogP contribution in [0.25, 0.3) is 20.5 Å². The lowest BCUT2D eigenvalue weighted by atomic mass is 10.1. The van der Waals surface area contributed by atoms with Gasteiger partial charge in [0.15, 0.2) is 0 Å². The third-order valence-corrected chi connectivity index (χ3v) is 6.12. The van der Waals surface area contributed by atoms with Crippen molar-refractivity contribution in [3.05, 3.63) is 70.9 Å². The Morgan fingerprint density at radius 2 is 1.56 bits per heavy atom. The molecule has 0 aliphatic rings. The van der Waals surface area contributed by atoms with Gasteiger partial charge in [-0.3, -0.25) is 9.59 Å². The summed E-state index contributed by atoms with van der Waals surface area (Å²) in [6, 6.07) is 19.2. The molecule has 27 heavy (non-hydrogen) atoms. The summed E-state index contributed by atoms with van der Waals surface area (Å²) in [6.07, 6.45) is 0. The molecule has 0 saturated carbocycles. The van der Waals surface area contributed by atoms with Gasteiger partial charge in [-0.25, -0.2) is 0 Å². The van der Waals surface area contributed by atoms with Gasteiger partial charge in [0.2, 0.25) is 5.91 Å². The van der Waals surface area contributed by atoms with Crippen molar-refractivity contribution in [3.63, 3.8) is 0 Å². The molecule has 2 aromatic heterocycles. The van der Waals surface area contributed by atoms with Crippen molar-refractivity contribution in [2.24, 2.45) is 0 Å². The lowest BCUT2D eigenvalue weighted by molar-refractivity contribution is -0.114. The van der Waals surface area contributed by atoms with Crippen LogP contribution >= 0.6 is 22.7 Å². The maximum Gasteiger partial charge on any atom is 0.265 e. The standard InChI is InChI=1S/C21H16N2O2S2/c1-13(24)22-14-6-8-15(9-7-14)23-21(25)20-11-10-19(27-20)17-12-26-18-5-3-2-4-16(17)18/h2-12H,1H3,(H,22,24)(H,23,25). The Hall–Kier alpha value is -2.96. The van der Waals surface area contributed by atoms with E-state index in [0.29, 0.717) is 16.3 Å². The number of thiophene rings is 2. The molecular formula is C21H16N2O2S2. The van der Waals surface area contributed by atoms with Crippen LogP contribution in [-0.2, 0) is 4.79 Å². The summed E-state index contributed by atoms with van der Waals surface area (Å²) in [6.45, 7) is 1.46. The molecule has 0 aliphatic heterocycles. The van der Waals surface area contributed by atoms with E-state index in [1.54, 1.807) is 35.6 Å². The Bertz CT molecular complexity index is 1130. The summed E-state index contributed by atoms with van der Waals surface area (Å²) in [5.41, 5.74) is 2.55. The van der Waals surface area contributed by atoms with Gasteiger partial charge in [-0.05, 0) is 42.5 Å². The molecule has 0 unspecified atom stereocenters. The fourth-order valence-electron chi connectivity index (χ4n) is 2.81. The van der Waals surface area contributed by atoms with Crippen LogP contribution in [0.3, 0.4) is 0 Å². The molecule has 0 aliphatic carbocycles. The Balaban J connectivity index is 1.51. The third kappa shape index (κ3) is 3.77. The Labute approximate surface area is 164 Å². The van der Waals surface area contributed by atoms with Crippen molar-refractivity contribution in [2.45, 2.75) is 6.92 Å². The molecule has 0 saturated heterocycles. The summed E-state index contributed by atoms with van der Waals surface area (Å²) in [7, 11) is 0. The number of amides is 2. The lowest BCUT2D eigenvalue weighted by Crippen LogP contribution is -2.10. The zero-order chi connectivity index (χ0) is 18.8. The SMILES string of the molecule is CC(=O)Nc1ccc(NC(=O)c2ccc(-c3csc4ccccc34)s2)cc1. The van der Waals surface area contributed by atoms with E-state index in [1.165, 1.54) is 33.9 Å². The van der Waals surface area contributed by atoms with Crippen LogP contribution < -0.4 is 10.6 Å². The highest BCUT2D eigenvalue weighted by molar-refractivity contribution is 7.20. The minimum absolute atomic E-state index is 0.126. The number of fused-ring (bicyclic) bond motifs is 1. The Morgan fingerprint density at radius 1 is 0.852 bits per heavy atom. The van der Waals surface area contributed by atoms with Gasteiger partial charge >= 0.3 is 0 Å². The Kier molecular flexibility index (Phi) is 4.75. The van der Waals surface area contributed by atoms with Gasteiger partial charge < -0.3 is 10.6 Å². The van der Waals surface area contributed by atoms with Gasteiger partial charge in [-0.2, -0.15) is 0 Å². The molecule has 4 aromatic rings. The highest BCUT2D eigenvalue weighted by Crippen LogP contribution is 2.37. The van der Waals surface area contributed by atoms with Crippen molar-refractivity contribution in [2.75, 3.05) is 10.6 Å². The first-order chi connectivity index (χ1) is 13.1. The van der Waals surface area contributed by atoms with Crippen LogP contribution in [0.1, 0.15) is 16.6 Å². The molecule has 2 amide bonds. The highest BCUT2D eigenvalue weighted by atomic mass is 32.1. The number of nitrogens with one attached hydrogen (secondary N) is 2. The highest BCUT2D eigenvalue weighted by Gasteiger charge is 2.13. The quantitative estimate of drug-likeness (QED) is 0.458. The summed E-state index contributed by atoms with van der Waals surface area (Å²) in [4.78, 5) is 25.4. The normalized spacial score (nSPS) is 10.7. The number of rotatable bonds is 4. The van der Waals surface area contributed by atoms with Crippen molar-refractivity contribution < 1.29 is 9.59 Å². The zero-order valence-corrected chi connectivity index (χ0v) is 16.1. The fraction of sp³-hybridized carbons (Fsp3) is 0.0476. The topological polar surface area (TPSA) is 58.2 Å². The average molecular weight is 393 g/mol. The molecule has 0 spiro atoms. The van der Waals surface area contributed by atoms with Gasteiger partial charge in [0, 0.05) is 44.2 Å². The molecular weight excluding hydrogens is 376 g/mol. The second-order valence-corrected chi connectivity index (χ2v) is 8.02. The monoisotopic (exact) mass is 392 g/mol. The molecule has 0 radical (unpaired) electrons. The summed E-state index contributed by atoms with van der Waals surface area (Å²) >= 11 is 3.19. The molecule has 0 fully saturated rings. The molecule has 2 N–H and O–H groups in total. The zero-order valence-electron chi connectivity index (χ0n) is 14.5. The van der Waals surface area contributed by atoms with Gasteiger partial charge in [0.05, 0.1) is 4.88 Å². The second-order valence-electron chi connectivity index (χ2n) is 6.02. The first-order valence-electron chi connectivity index (χ1n) is 8.35.